The van der Waals surface area contributed by atoms with Crippen molar-refractivity contribution in [3.05, 3.63) is 29.1 Å². The maximum absolute atomic E-state index is 12.5. The van der Waals surface area contributed by atoms with Crippen LogP contribution in [0.3, 0.4) is 0 Å². The van der Waals surface area contributed by atoms with E-state index in [1.54, 1.807) is 20.8 Å². The van der Waals surface area contributed by atoms with E-state index in [1.165, 1.54) is 6.20 Å². The summed E-state index contributed by atoms with van der Waals surface area (Å²) in [5.74, 6) is -0.144. The molecular weight excluding hydrogens is 191 g/mol. The quantitative estimate of drug-likeness (QED) is 0.680. The maximum atomic E-state index is 12.5. The monoisotopic (exact) mass is 203 g/mol. The van der Waals surface area contributed by atoms with Gasteiger partial charge < -0.3 is 0 Å². The maximum Gasteiger partial charge on any atom is 0.418 e. The normalized spacial score (nSPS) is 12.2. The van der Waals surface area contributed by atoms with Gasteiger partial charge in [0, 0.05) is 12.4 Å². The van der Waals surface area contributed by atoms with Gasteiger partial charge in [-0.25, -0.2) is 0 Å². The fourth-order valence-electron chi connectivity index (χ4n) is 1.57. The summed E-state index contributed by atoms with van der Waals surface area (Å²) in [4.78, 5) is 3.57. The Morgan fingerprint density at radius 3 is 2.14 bits per heavy atom. The summed E-state index contributed by atoms with van der Waals surface area (Å²) in [6.07, 6.45) is -1.95. The van der Waals surface area contributed by atoms with Gasteiger partial charge in [0.1, 0.15) is 0 Å². The molecule has 0 unspecified atom stereocenters. The van der Waals surface area contributed by atoms with Gasteiger partial charge >= 0.3 is 6.18 Å². The van der Waals surface area contributed by atoms with Gasteiger partial charge in [0.25, 0.3) is 0 Å². The predicted octanol–water partition coefficient (Wildman–Crippen LogP) is 3.53. The molecule has 4 heteroatoms. The van der Waals surface area contributed by atoms with Gasteiger partial charge in [-0.3, -0.25) is 4.98 Å². The standard InChI is InChI=1S/C10H12F3N/c1-6(2)9-7(3)4-14-5-8(9)10(11,12)13/h4-6H,1-3H3. The molecule has 14 heavy (non-hydrogen) atoms. The summed E-state index contributed by atoms with van der Waals surface area (Å²) in [5.41, 5.74) is 0.315. The van der Waals surface area contributed by atoms with Crippen LogP contribution in [0, 0.1) is 6.92 Å². The SMILES string of the molecule is Cc1cncc(C(F)(F)F)c1C(C)C. The largest absolute Gasteiger partial charge is 0.418 e. The highest BCUT2D eigenvalue weighted by Crippen LogP contribution is 2.35. The molecular formula is C10H12F3N. The second-order valence-corrected chi connectivity index (χ2v) is 3.57. The Morgan fingerprint density at radius 2 is 1.79 bits per heavy atom. The smallest absolute Gasteiger partial charge is 0.264 e. The van der Waals surface area contributed by atoms with Crippen molar-refractivity contribution in [1.29, 1.82) is 0 Å². The van der Waals surface area contributed by atoms with Gasteiger partial charge in [-0.15, -0.1) is 0 Å². The second kappa shape index (κ2) is 3.59. The third kappa shape index (κ3) is 2.05. The van der Waals surface area contributed by atoms with E-state index >= 15 is 0 Å². The van der Waals surface area contributed by atoms with Crippen LogP contribution in [-0.4, -0.2) is 4.98 Å². The first kappa shape index (κ1) is 11.0. The average molecular weight is 203 g/mol. The molecule has 0 aliphatic heterocycles. The van der Waals surface area contributed by atoms with Crippen LogP contribution in [0.25, 0.3) is 0 Å². The molecule has 0 radical (unpaired) electrons. The average Bonchev–Trinajstić information content (AvgIpc) is 2.01. The first-order chi connectivity index (χ1) is 6.34. The Bertz CT molecular complexity index is 329. The molecule has 0 aromatic carbocycles. The lowest BCUT2D eigenvalue weighted by Gasteiger charge is -2.16. The van der Waals surface area contributed by atoms with E-state index in [-0.39, 0.29) is 5.92 Å². The molecule has 0 N–H and O–H groups in total. The molecule has 1 aromatic heterocycles. The van der Waals surface area contributed by atoms with E-state index in [1.807, 2.05) is 0 Å². The molecule has 1 heterocycles. The van der Waals surface area contributed by atoms with Crippen molar-refractivity contribution in [2.45, 2.75) is 32.9 Å². The molecule has 0 spiro atoms. The number of aryl methyl sites for hydroxylation is 1. The molecule has 0 aliphatic carbocycles. The zero-order chi connectivity index (χ0) is 10.9. The van der Waals surface area contributed by atoms with Crippen molar-refractivity contribution >= 4 is 0 Å². The highest BCUT2D eigenvalue weighted by atomic mass is 19.4. The van der Waals surface area contributed by atoms with Gasteiger partial charge in [-0.1, -0.05) is 13.8 Å². The predicted molar refractivity (Wildman–Crippen MR) is 48.1 cm³/mol. The number of pyridine rings is 1. The molecule has 0 bridgehead atoms. The molecule has 0 amide bonds. The fourth-order valence-corrected chi connectivity index (χ4v) is 1.57. The number of hydrogen-bond acceptors (Lipinski definition) is 1. The first-order valence-corrected chi connectivity index (χ1v) is 4.35. The van der Waals surface area contributed by atoms with E-state index in [9.17, 15) is 13.2 Å². The van der Waals surface area contributed by atoms with Crippen molar-refractivity contribution in [2.24, 2.45) is 0 Å². The topological polar surface area (TPSA) is 12.9 Å². The van der Waals surface area contributed by atoms with Crippen LogP contribution < -0.4 is 0 Å². The van der Waals surface area contributed by atoms with Gasteiger partial charge in [0.05, 0.1) is 5.56 Å². The van der Waals surface area contributed by atoms with Gasteiger partial charge in [0.15, 0.2) is 0 Å². The van der Waals surface area contributed by atoms with Crippen molar-refractivity contribution in [1.82, 2.24) is 4.98 Å². The Hall–Kier alpha value is -1.06. The van der Waals surface area contributed by atoms with E-state index in [2.05, 4.69) is 4.98 Å². The molecule has 1 aromatic rings. The molecule has 1 nitrogen and oxygen atoms in total. The van der Waals surface area contributed by atoms with Crippen LogP contribution in [0.2, 0.25) is 0 Å². The lowest BCUT2D eigenvalue weighted by molar-refractivity contribution is -0.138. The number of hydrogen-bond donors (Lipinski definition) is 0. The number of alkyl halides is 3. The summed E-state index contributed by atoms with van der Waals surface area (Å²) in [6.45, 7) is 5.15. The van der Waals surface area contributed by atoms with E-state index in [4.69, 9.17) is 0 Å². The molecule has 0 atom stereocenters. The van der Waals surface area contributed by atoms with Crippen molar-refractivity contribution in [3.8, 4) is 0 Å². The summed E-state index contributed by atoms with van der Waals surface area (Å²) in [5, 5.41) is 0. The van der Waals surface area contributed by atoms with Crippen molar-refractivity contribution in [3.63, 3.8) is 0 Å². The zero-order valence-corrected chi connectivity index (χ0v) is 8.31. The van der Waals surface area contributed by atoms with Crippen LogP contribution >= 0.6 is 0 Å². The van der Waals surface area contributed by atoms with Gasteiger partial charge in [0.2, 0.25) is 0 Å². The molecule has 1 rings (SSSR count). The number of nitrogens with zero attached hydrogens (tertiary/aromatic N) is 1. The minimum absolute atomic E-state index is 0.144. The van der Waals surface area contributed by atoms with Crippen LogP contribution in [0.5, 0.6) is 0 Å². The molecule has 0 aliphatic rings. The Balaban J connectivity index is 3.36. The van der Waals surface area contributed by atoms with Gasteiger partial charge in [-0.05, 0) is 24.0 Å². The molecule has 0 saturated carbocycles. The summed E-state index contributed by atoms with van der Waals surface area (Å²) in [6, 6.07) is 0. The Labute approximate surface area is 81.0 Å². The molecule has 0 fully saturated rings. The third-order valence-corrected chi connectivity index (χ3v) is 2.07. The van der Waals surface area contributed by atoms with E-state index < -0.39 is 11.7 Å². The Morgan fingerprint density at radius 1 is 1.21 bits per heavy atom. The van der Waals surface area contributed by atoms with E-state index in [0.29, 0.717) is 11.1 Å². The zero-order valence-electron chi connectivity index (χ0n) is 8.31. The number of halogens is 3. The van der Waals surface area contributed by atoms with Gasteiger partial charge in [-0.2, -0.15) is 13.2 Å². The Kier molecular flexibility index (Phi) is 2.83. The van der Waals surface area contributed by atoms with Crippen LogP contribution in [0.1, 0.15) is 36.5 Å². The van der Waals surface area contributed by atoms with Crippen LogP contribution in [-0.2, 0) is 6.18 Å². The highest BCUT2D eigenvalue weighted by molar-refractivity contribution is 5.35. The fraction of sp³-hybridized carbons (Fsp3) is 0.500. The minimum Gasteiger partial charge on any atom is -0.264 e. The minimum atomic E-state index is -4.31. The molecule has 0 saturated heterocycles. The number of rotatable bonds is 1. The number of aromatic nitrogens is 1. The van der Waals surface area contributed by atoms with E-state index in [0.717, 1.165) is 6.20 Å². The van der Waals surface area contributed by atoms with Crippen molar-refractivity contribution in [2.75, 3.05) is 0 Å². The van der Waals surface area contributed by atoms with Crippen LogP contribution in [0.15, 0.2) is 12.4 Å². The lowest BCUT2D eigenvalue weighted by atomic mass is 9.95. The first-order valence-electron chi connectivity index (χ1n) is 4.35. The van der Waals surface area contributed by atoms with Crippen LogP contribution in [0.4, 0.5) is 13.2 Å². The molecule has 78 valence electrons. The second-order valence-electron chi connectivity index (χ2n) is 3.57. The third-order valence-electron chi connectivity index (χ3n) is 2.07. The lowest BCUT2D eigenvalue weighted by Crippen LogP contribution is -2.12. The van der Waals surface area contributed by atoms with Crippen molar-refractivity contribution < 1.29 is 13.2 Å². The summed E-state index contributed by atoms with van der Waals surface area (Å²) in [7, 11) is 0. The highest BCUT2D eigenvalue weighted by Gasteiger charge is 2.34. The summed E-state index contributed by atoms with van der Waals surface area (Å²) >= 11 is 0. The summed E-state index contributed by atoms with van der Waals surface area (Å²) < 4.78 is 37.6.